The zero-order valence-electron chi connectivity index (χ0n) is 16.7. The van der Waals surface area contributed by atoms with E-state index in [4.69, 9.17) is 4.74 Å². The third-order valence-corrected chi connectivity index (χ3v) is 7.62. The zero-order valence-corrected chi connectivity index (χ0v) is 17.6. The van der Waals surface area contributed by atoms with E-state index in [9.17, 15) is 9.36 Å². The fourth-order valence-electron chi connectivity index (χ4n) is 3.35. The maximum atomic E-state index is 14.4. The second kappa shape index (κ2) is 7.84. The lowest BCUT2D eigenvalue weighted by atomic mass is 10.2. The van der Waals surface area contributed by atoms with Crippen LogP contribution in [-0.4, -0.2) is 24.7 Å². The Morgan fingerprint density at radius 1 is 0.964 bits per heavy atom. The van der Waals surface area contributed by atoms with Gasteiger partial charge in [-0.05, 0) is 45.0 Å². The van der Waals surface area contributed by atoms with E-state index in [1.807, 2.05) is 90.8 Å². The van der Waals surface area contributed by atoms with Crippen molar-refractivity contribution in [2.24, 2.45) is 0 Å². The monoisotopic (exact) mass is 398 g/mol. The van der Waals surface area contributed by atoms with Crippen molar-refractivity contribution in [3.8, 4) is 0 Å². The number of hydrogen-bond acceptors (Lipinski definition) is 3. The number of carbonyl (C=O) groups excluding carboxylic acids is 1. The topological polar surface area (TPSA) is 49.9 Å². The summed E-state index contributed by atoms with van der Waals surface area (Å²) in [5.74, 6) is -0.416. The van der Waals surface area contributed by atoms with E-state index < -0.39 is 19.0 Å². The van der Waals surface area contributed by atoms with Gasteiger partial charge >= 0.3 is 5.97 Å². The second-order valence-corrected chi connectivity index (χ2v) is 10.5. The van der Waals surface area contributed by atoms with Gasteiger partial charge in [0.2, 0.25) is 0 Å². The van der Waals surface area contributed by atoms with E-state index in [2.05, 4.69) is 6.58 Å². The molecule has 1 aliphatic heterocycles. The maximum Gasteiger partial charge on any atom is 0.311 e. The first kappa shape index (κ1) is 20.2. The number of benzene rings is 2. The number of ether oxygens (including phenoxy) is 1. The molecule has 0 amide bonds. The Hall–Kier alpha value is -2.52. The standard InChI is InChI=1S/C22H27N2O3P/c1-18(17-21(25)27-22(2,3)4)28(26)23(19-11-7-5-8-12-19)15-16-24(28)20-13-9-6-10-14-20/h5-14H,1,15-17H2,2-4H3. The van der Waals surface area contributed by atoms with E-state index >= 15 is 0 Å². The summed E-state index contributed by atoms with van der Waals surface area (Å²) >= 11 is 0. The summed E-state index contributed by atoms with van der Waals surface area (Å²) in [5.41, 5.74) is 1.11. The summed E-state index contributed by atoms with van der Waals surface area (Å²) in [6.45, 7) is 10.7. The lowest BCUT2D eigenvalue weighted by Gasteiger charge is -2.34. The van der Waals surface area contributed by atoms with Crippen molar-refractivity contribution in [3.63, 3.8) is 0 Å². The van der Waals surface area contributed by atoms with Crippen molar-refractivity contribution < 1.29 is 14.1 Å². The van der Waals surface area contributed by atoms with Crippen LogP contribution in [0.3, 0.4) is 0 Å². The molecule has 0 atom stereocenters. The molecule has 28 heavy (non-hydrogen) atoms. The molecule has 0 saturated carbocycles. The number of hydrogen-bond donors (Lipinski definition) is 0. The summed E-state index contributed by atoms with van der Waals surface area (Å²) in [6.07, 6.45) is -0.0821. The largest absolute Gasteiger partial charge is 0.460 e. The van der Waals surface area contributed by atoms with Crippen molar-refractivity contribution >= 4 is 24.8 Å². The molecule has 1 fully saturated rings. The Morgan fingerprint density at radius 2 is 1.39 bits per heavy atom. The molecule has 2 aromatic rings. The van der Waals surface area contributed by atoms with Gasteiger partial charge in [0.1, 0.15) is 5.60 Å². The first-order valence-corrected chi connectivity index (χ1v) is 11.0. The highest BCUT2D eigenvalue weighted by molar-refractivity contribution is 7.71. The fourth-order valence-corrected chi connectivity index (χ4v) is 6.24. The Bertz CT molecular complexity index is 840. The molecule has 0 bridgehead atoms. The van der Waals surface area contributed by atoms with Gasteiger partial charge in [-0.3, -0.25) is 9.36 Å². The average Bonchev–Trinajstić information content (AvgIpc) is 3.00. The summed E-state index contributed by atoms with van der Waals surface area (Å²) < 4.78 is 23.6. The van der Waals surface area contributed by atoms with E-state index in [0.29, 0.717) is 18.4 Å². The Kier molecular flexibility index (Phi) is 5.66. The first-order valence-electron chi connectivity index (χ1n) is 9.38. The Labute approximate surface area is 167 Å². The maximum absolute atomic E-state index is 14.4. The van der Waals surface area contributed by atoms with Gasteiger partial charge in [-0.25, -0.2) is 0 Å². The van der Waals surface area contributed by atoms with Gasteiger partial charge in [-0.1, -0.05) is 43.0 Å². The van der Waals surface area contributed by atoms with Gasteiger partial charge in [-0.15, -0.1) is 0 Å². The Morgan fingerprint density at radius 3 is 1.79 bits per heavy atom. The van der Waals surface area contributed by atoms with Gasteiger partial charge in [0.25, 0.3) is 7.44 Å². The van der Waals surface area contributed by atoms with Crippen LogP contribution in [0.15, 0.2) is 72.6 Å². The molecule has 5 nitrogen and oxygen atoms in total. The predicted molar refractivity (Wildman–Crippen MR) is 115 cm³/mol. The molecule has 0 aromatic heterocycles. The average molecular weight is 398 g/mol. The molecule has 0 unspecified atom stereocenters. The van der Waals surface area contributed by atoms with Crippen molar-refractivity contribution in [2.45, 2.75) is 32.8 Å². The third kappa shape index (κ3) is 4.15. The molecule has 1 saturated heterocycles. The minimum Gasteiger partial charge on any atom is -0.460 e. The van der Waals surface area contributed by atoms with Gasteiger partial charge < -0.3 is 14.1 Å². The number of para-hydroxylation sites is 2. The molecule has 2 aromatic carbocycles. The normalized spacial score (nSPS) is 16.1. The van der Waals surface area contributed by atoms with Crippen LogP contribution in [0.1, 0.15) is 27.2 Å². The smallest absolute Gasteiger partial charge is 0.311 e. The molecule has 6 heteroatoms. The highest BCUT2D eigenvalue weighted by Crippen LogP contribution is 2.65. The third-order valence-electron chi connectivity index (χ3n) is 4.47. The van der Waals surface area contributed by atoms with E-state index in [-0.39, 0.29) is 6.42 Å². The van der Waals surface area contributed by atoms with Crippen molar-refractivity contribution in [1.29, 1.82) is 0 Å². The highest BCUT2D eigenvalue weighted by atomic mass is 31.2. The fraction of sp³-hybridized carbons (Fsp3) is 0.318. The lowest BCUT2D eigenvalue weighted by Crippen LogP contribution is -2.26. The molecule has 0 spiro atoms. The first-order chi connectivity index (χ1) is 13.2. The molecule has 0 aliphatic carbocycles. The van der Waals surface area contributed by atoms with Gasteiger partial charge in [0.05, 0.1) is 6.42 Å². The van der Waals surface area contributed by atoms with Crippen LogP contribution in [0.4, 0.5) is 11.4 Å². The quantitative estimate of drug-likeness (QED) is 0.495. The number of rotatable bonds is 5. The minimum absolute atomic E-state index is 0.0821. The highest BCUT2D eigenvalue weighted by Gasteiger charge is 2.46. The SMILES string of the molecule is C=C(CC(=O)OC(C)(C)C)P1(=O)N(c2ccccc2)CCN1c1ccccc1. The van der Waals surface area contributed by atoms with Gasteiger partial charge in [-0.2, -0.15) is 0 Å². The molecule has 0 radical (unpaired) electrons. The minimum atomic E-state index is -3.27. The van der Waals surface area contributed by atoms with E-state index in [1.54, 1.807) is 0 Å². The Balaban J connectivity index is 1.96. The van der Waals surface area contributed by atoms with Crippen molar-refractivity contribution in [2.75, 3.05) is 22.4 Å². The van der Waals surface area contributed by atoms with Crippen LogP contribution in [0, 0.1) is 0 Å². The second-order valence-electron chi connectivity index (χ2n) is 7.79. The van der Waals surface area contributed by atoms with Crippen LogP contribution < -0.4 is 9.34 Å². The molecular weight excluding hydrogens is 371 g/mol. The van der Waals surface area contributed by atoms with Crippen molar-refractivity contribution in [1.82, 2.24) is 0 Å². The van der Waals surface area contributed by atoms with Crippen LogP contribution in [0.2, 0.25) is 0 Å². The van der Waals surface area contributed by atoms with Crippen LogP contribution in [-0.2, 0) is 14.1 Å². The molecule has 1 heterocycles. The van der Waals surface area contributed by atoms with Crippen LogP contribution >= 0.6 is 7.44 Å². The summed E-state index contributed by atoms with van der Waals surface area (Å²) in [7, 11) is -3.27. The van der Waals surface area contributed by atoms with Crippen LogP contribution in [0.5, 0.6) is 0 Å². The van der Waals surface area contributed by atoms with Gasteiger partial charge in [0.15, 0.2) is 0 Å². The van der Waals surface area contributed by atoms with E-state index in [0.717, 1.165) is 11.4 Å². The zero-order chi connectivity index (χ0) is 20.4. The number of nitrogens with zero attached hydrogens (tertiary/aromatic N) is 2. The van der Waals surface area contributed by atoms with Crippen LogP contribution in [0.25, 0.3) is 0 Å². The summed E-state index contributed by atoms with van der Waals surface area (Å²) in [5, 5.41) is 0.381. The molecule has 0 N–H and O–H groups in total. The number of carbonyl (C=O) groups is 1. The predicted octanol–water partition coefficient (Wildman–Crippen LogP) is 5.45. The van der Waals surface area contributed by atoms with E-state index in [1.165, 1.54) is 0 Å². The van der Waals surface area contributed by atoms with Gasteiger partial charge in [0, 0.05) is 29.8 Å². The molecule has 148 valence electrons. The lowest BCUT2D eigenvalue weighted by molar-refractivity contribution is -0.153. The molecular formula is C22H27N2O3P. The summed E-state index contributed by atoms with van der Waals surface area (Å²) in [6, 6.07) is 19.3. The number of anilines is 2. The molecule has 3 rings (SSSR count). The summed E-state index contributed by atoms with van der Waals surface area (Å²) in [4.78, 5) is 12.4. The number of esters is 1. The molecule has 1 aliphatic rings. The van der Waals surface area contributed by atoms with Crippen molar-refractivity contribution in [3.05, 3.63) is 72.6 Å².